The standard InChI is InChI=1S/C15H17NO3S/c17-11-3-1-2-9(6-11)7-14-16-12-5-4-10(15(18)19)8-13(12)20-14/h1-3,6,10,12-13,17H,4-5,7-8H2,(H,18,19). The van der Waals surface area contributed by atoms with Crippen molar-refractivity contribution >= 4 is 22.8 Å². The number of nitrogens with zero attached hydrogens (tertiary/aromatic N) is 1. The van der Waals surface area contributed by atoms with Crippen molar-refractivity contribution in [2.75, 3.05) is 0 Å². The number of rotatable bonds is 3. The lowest BCUT2D eigenvalue weighted by molar-refractivity contribution is -0.142. The van der Waals surface area contributed by atoms with Gasteiger partial charge in [-0.2, -0.15) is 0 Å². The molecule has 5 heteroatoms. The number of carboxylic acid groups (broad SMARTS) is 1. The molecule has 2 aliphatic rings. The number of hydrogen-bond acceptors (Lipinski definition) is 4. The summed E-state index contributed by atoms with van der Waals surface area (Å²) in [7, 11) is 0. The molecule has 0 saturated heterocycles. The highest BCUT2D eigenvalue weighted by Gasteiger charge is 2.38. The van der Waals surface area contributed by atoms with Crippen molar-refractivity contribution in [3.05, 3.63) is 29.8 Å². The molecule has 1 heterocycles. The lowest BCUT2D eigenvalue weighted by atomic mass is 9.86. The third-order valence-electron chi connectivity index (χ3n) is 3.97. The highest BCUT2D eigenvalue weighted by atomic mass is 32.2. The van der Waals surface area contributed by atoms with Crippen LogP contribution in [0.1, 0.15) is 24.8 Å². The Morgan fingerprint density at radius 3 is 3.00 bits per heavy atom. The van der Waals surface area contributed by atoms with Crippen molar-refractivity contribution in [2.24, 2.45) is 10.9 Å². The average molecular weight is 291 g/mol. The molecule has 1 aliphatic carbocycles. The van der Waals surface area contributed by atoms with Gasteiger partial charge in [-0.25, -0.2) is 0 Å². The smallest absolute Gasteiger partial charge is 0.306 e. The Bertz CT molecular complexity index is 558. The lowest BCUT2D eigenvalue weighted by Crippen LogP contribution is -2.31. The predicted octanol–water partition coefficient (Wildman–Crippen LogP) is 2.70. The normalized spacial score (nSPS) is 28.8. The molecule has 106 valence electrons. The second-order valence-electron chi connectivity index (χ2n) is 5.44. The number of phenols is 1. The lowest BCUT2D eigenvalue weighted by Gasteiger charge is -2.27. The van der Waals surface area contributed by atoms with E-state index in [1.807, 2.05) is 12.1 Å². The van der Waals surface area contributed by atoms with Gasteiger partial charge in [0.25, 0.3) is 0 Å². The Morgan fingerprint density at radius 2 is 2.25 bits per heavy atom. The number of carboxylic acids is 1. The summed E-state index contributed by atoms with van der Waals surface area (Å²) in [5.41, 5.74) is 1.05. The molecular formula is C15H17NO3S. The van der Waals surface area contributed by atoms with Crippen molar-refractivity contribution in [3.63, 3.8) is 0 Å². The summed E-state index contributed by atoms with van der Waals surface area (Å²) in [6.45, 7) is 0. The molecule has 0 amide bonds. The summed E-state index contributed by atoms with van der Waals surface area (Å²) < 4.78 is 0. The zero-order valence-electron chi connectivity index (χ0n) is 11.0. The summed E-state index contributed by atoms with van der Waals surface area (Å²) in [6.07, 6.45) is 3.06. The first-order chi connectivity index (χ1) is 9.61. The van der Waals surface area contributed by atoms with Gasteiger partial charge in [0.15, 0.2) is 0 Å². The average Bonchev–Trinajstić information content (AvgIpc) is 2.79. The molecule has 0 radical (unpaired) electrons. The quantitative estimate of drug-likeness (QED) is 0.898. The Hall–Kier alpha value is -1.49. The van der Waals surface area contributed by atoms with Gasteiger partial charge in [0.1, 0.15) is 5.75 Å². The molecule has 3 unspecified atom stereocenters. The molecule has 4 nitrogen and oxygen atoms in total. The Balaban J connectivity index is 1.65. The Morgan fingerprint density at radius 1 is 1.40 bits per heavy atom. The van der Waals surface area contributed by atoms with Crippen LogP contribution in [0.5, 0.6) is 5.75 Å². The number of hydrogen-bond donors (Lipinski definition) is 2. The molecule has 3 atom stereocenters. The van der Waals surface area contributed by atoms with Gasteiger partial charge < -0.3 is 10.2 Å². The number of thioether (sulfide) groups is 1. The largest absolute Gasteiger partial charge is 0.508 e. The molecule has 1 aliphatic heterocycles. The number of phenolic OH excluding ortho intramolecular Hbond substituents is 1. The van der Waals surface area contributed by atoms with Crippen LogP contribution in [-0.2, 0) is 11.2 Å². The maximum Gasteiger partial charge on any atom is 0.306 e. The van der Waals surface area contributed by atoms with Gasteiger partial charge in [-0.05, 0) is 37.0 Å². The fourth-order valence-electron chi connectivity index (χ4n) is 2.93. The van der Waals surface area contributed by atoms with Crippen molar-refractivity contribution in [1.82, 2.24) is 0 Å². The molecule has 0 spiro atoms. The molecule has 0 aromatic heterocycles. The topological polar surface area (TPSA) is 69.9 Å². The highest BCUT2D eigenvalue weighted by Crippen LogP contribution is 2.40. The van der Waals surface area contributed by atoms with Crippen molar-refractivity contribution in [3.8, 4) is 5.75 Å². The number of aromatic hydroxyl groups is 1. The van der Waals surface area contributed by atoms with E-state index in [1.54, 1.807) is 23.9 Å². The van der Waals surface area contributed by atoms with Crippen LogP contribution in [0.4, 0.5) is 0 Å². The second kappa shape index (κ2) is 5.48. The molecule has 3 rings (SSSR count). The summed E-state index contributed by atoms with van der Waals surface area (Å²) in [6, 6.07) is 7.50. The molecule has 1 aromatic carbocycles. The van der Waals surface area contributed by atoms with E-state index < -0.39 is 5.97 Å². The van der Waals surface area contributed by atoms with Gasteiger partial charge >= 0.3 is 5.97 Å². The van der Waals surface area contributed by atoms with Crippen LogP contribution in [-0.4, -0.2) is 32.5 Å². The molecule has 0 bridgehead atoms. The van der Waals surface area contributed by atoms with Gasteiger partial charge in [0.2, 0.25) is 0 Å². The zero-order chi connectivity index (χ0) is 14.1. The molecule has 1 saturated carbocycles. The number of benzene rings is 1. The molecular weight excluding hydrogens is 274 g/mol. The van der Waals surface area contributed by atoms with Crippen LogP contribution in [0.2, 0.25) is 0 Å². The van der Waals surface area contributed by atoms with E-state index in [9.17, 15) is 9.90 Å². The van der Waals surface area contributed by atoms with E-state index in [0.29, 0.717) is 5.25 Å². The van der Waals surface area contributed by atoms with Gasteiger partial charge in [-0.1, -0.05) is 12.1 Å². The third kappa shape index (κ3) is 2.82. The van der Waals surface area contributed by atoms with E-state index in [1.165, 1.54) is 0 Å². The van der Waals surface area contributed by atoms with Gasteiger partial charge in [0, 0.05) is 11.7 Å². The van der Waals surface area contributed by atoms with Gasteiger partial charge in [0.05, 0.1) is 17.0 Å². The fraction of sp³-hybridized carbons (Fsp3) is 0.467. The van der Waals surface area contributed by atoms with E-state index in [2.05, 4.69) is 0 Å². The van der Waals surface area contributed by atoms with E-state index in [-0.39, 0.29) is 17.7 Å². The highest BCUT2D eigenvalue weighted by molar-refractivity contribution is 8.14. The first-order valence-electron chi connectivity index (χ1n) is 6.86. The number of carbonyl (C=O) groups is 1. The molecule has 1 fully saturated rings. The molecule has 2 N–H and O–H groups in total. The van der Waals surface area contributed by atoms with Gasteiger partial charge in [-0.3, -0.25) is 9.79 Å². The van der Waals surface area contributed by atoms with E-state index in [0.717, 1.165) is 36.3 Å². The minimum absolute atomic E-state index is 0.209. The van der Waals surface area contributed by atoms with Crippen LogP contribution in [0.3, 0.4) is 0 Å². The minimum Gasteiger partial charge on any atom is -0.508 e. The van der Waals surface area contributed by atoms with Crippen LogP contribution in [0.25, 0.3) is 0 Å². The van der Waals surface area contributed by atoms with E-state index in [4.69, 9.17) is 10.1 Å². The summed E-state index contributed by atoms with van der Waals surface area (Å²) in [4.78, 5) is 15.8. The SMILES string of the molecule is O=C(O)C1CCC2N=C(Cc3cccc(O)c3)SC2C1. The molecule has 20 heavy (non-hydrogen) atoms. The first-order valence-corrected chi connectivity index (χ1v) is 7.74. The number of fused-ring (bicyclic) bond motifs is 1. The van der Waals surface area contributed by atoms with Crippen molar-refractivity contribution in [1.29, 1.82) is 0 Å². The second-order valence-corrected chi connectivity index (χ2v) is 6.75. The molecule has 1 aromatic rings. The summed E-state index contributed by atoms with van der Waals surface area (Å²) in [5, 5.41) is 20.0. The third-order valence-corrected chi connectivity index (χ3v) is 5.30. The Labute approximate surface area is 121 Å². The van der Waals surface area contributed by atoms with Crippen LogP contribution < -0.4 is 0 Å². The predicted molar refractivity (Wildman–Crippen MR) is 79.4 cm³/mol. The minimum atomic E-state index is -0.675. The fourth-order valence-corrected chi connectivity index (χ4v) is 4.41. The number of aliphatic carboxylic acids is 1. The monoisotopic (exact) mass is 291 g/mol. The van der Waals surface area contributed by atoms with Crippen LogP contribution >= 0.6 is 11.8 Å². The van der Waals surface area contributed by atoms with Crippen molar-refractivity contribution in [2.45, 2.75) is 37.0 Å². The van der Waals surface area contributed by atoms with Crippen LogP contribution in [0, 0.1) is 5.92 Å². The van der Waals surface area contributed by atoms with Gasteiger partial charge in [-0.15, -0.1) is 11.8 Å². The maximum atomic E-state index is 11.1. The first kappa shape index (κ1) is 13.5. The summed E-state index contributed by atoms with van der Waals surface area (Å²) in [5.74, 6) is -0.612. The van der Waals surface area contributed by atoms with Crippen molar-refractivity contribution < 1.29 is 15.0 Å². The maximum absolute atomic E-state index is 11.1. The van der Waals surface area contributed by atoms with Crippen LogP contribution in [0.15, 0.2) is 29.3 Å². The number of aliphatic imine (C=N–C) groups is 1. The summed E-state index contributed by atoms with van der Waals surface area (Å²) >= 11 is 1.72. The zero-order valence-corrected chi connectivity index (χ0v) is 11.8. The Kier molecular flexibility index (Phi) is 3.70. The van der Waals surface area contributed by atoms with E-state index >= 15 is 0 Å².